The maximum absolute atomic E-state index is 10.2. The molecular weight excluding hydrogens is 352 g/mol. The van der Waals surface area contributed by atoms with E-state index in [0.29, 0.717) is 17.5 Å². The Kier molecular flexibility index (Phi) is 4.05. The maximum atomic E-state index is 10.2. The summed E-state index contributed by atoms with van der Waals surface area (Å²) in [6, 6.07) is 11.9. The Balaban J connectivity index is 1.39. The zero-order valence-electron chi connectivity index (χ0n) is 15.2. The molecule has 28 heavy (non-hydrogen) atoms. The molecule has 1 aliphatic heterocycles. The average molecular weight is 372 g/mol. The Bertz CT molecular complexity index is 1070. The smallest absolute Gasteiger partial charge is 0.238 e. The lowest BCUT2D eigenvalue weighted by Gasteiger charge is -2.07. The van der Waals surface area contributed by atoms with Gasteiger partial charge in [0.15, 0.2) is 5.82 Å². The first-order valence-electron chi connectivity index (χ1n) is 9.36. The van der Waals surface area contributed by atoms with E-state index in [1.54, 1.807) is 12.4 Å². The number of rotatable bonds is 6. The predicted molar refractivity (Wildman–Crippen MR) is 111 cm³/mol. The van der Waals surface area contributed by atoms with Gasteiger partial charge in [0, 0.05) is 29.6 Å². The molecular formula is C21H20N6O. The predicted octanol–water partition coefficient (Wildman–Crippen LogP) is 4.33. The summed E-state index contributed by atoms with van der Waals surface area (Å²) in [5.41, 5.74) is 4.19. The molecule has 3 aromatic rings. The fourth-order valence-electron chi connectivity index (χ4n) is 3.13. The van der Waals surface area contributed by atoms with Crippen LogP contribution in [-0.4, -0.2) is 32.8 Å². The first-order chi connectivity index (χ1) is 13.7. The fraction of sp³-hybridized carbons (Fsp3) is 0.190. The Labute approximate surface area is 162 Å². The molecule has 1 aliphatic carbocycles. The molecule has 0 atom stereocenters. The summed E-state index contributed by atoms with van der Waals surface area (Å²) >= 11 is 0. The molecule has 0 unspecified atom stereocenters. The summed E-state index contributed by atoms with van der Waals surface area (Å²) in [5, 5.41) is 16.7. The molecule has 4 N–H and O–H groups in total. The van der Waals surface area contributed by atoms with Crippen LogP contribution in [0.25, 0.3) is 11.6 Å². The lowest BCUT2D eigenvalue weighted by atomic mass is 10.1. The van der Waals surface area contributed by atoms with E-state index in [0.717, 1.165) is 35.0 Å². The van der Waals surface area contributed by atoms with Crippen molar-refractivity contribution >= 4 is 41.0 Å². The minimum atomic E-state index is -0.0285. The molecule has 7 nitrogen and oxygen atoms in total. The van der Waals surface area contributed by atoms with Gasteiger partial charge in [-0.25, -0.2) is 9.98 Å². The van der Waals surface area contributed by atoms with Crippen molar-refractivity contribution in [3.8, 4) is 5.88 Å². The summed E-state index contributed by atoms with van der Waals surface area (Å²) in [5.74, 6) is 1.95. The summed E-state index contributed by atoms with van der Waals surface area (Å²) in [7, 11) is 0. The third-order valence-electron chi connectivity index (χ3n) is 4.83. The zero-order chi connectivity index (χ0) is 18.9. The van der Waals surface area contributed by atoms with Gasteiger partial charge in [-0.15, -0.1) is 0 Å². The maximum Gasteiger partial charge on any atom is 0.238 e. The van der Waals surface area contributed by atoms with Crippen molar-refractivity contribution in [2.45, 2.75) is 12.8 Å². The molecule has 0 saturated heterocycles. The zero-order valence-corrected chi connectivity index (χ0v) is 15.2. The van der Waals surface area contributed by atoms with Gasteiger partial charge in [-0.05, 0) is 43.0 Å². The number of aromatic nitrogens is 3. The number of allylic oxidation sites excluding steroid dienone is 1. The van der Waals surface area contributed by atoms with Crippen LogP contribution in [0.3, 0.4) is 0 Å². The second-order valence-electron chi connectivity index (χ2n) is 7.09. The van der Waals surface area contributed by atoms with E-state index in [2.05, 4.69) is 30.6 Å². The van der Waals surface area contributed by atoms with Crippen molar-refractivity contribution in [3.05, 3.63) is 53.9 Å². The molecule has 140 valence electrons. The molecule has 0 bridgehead atoms. The Morgan fingerprint density at radius 1 is 1.18 bits per heavy atom. The number of aromatic amines is 1. The van der Waals surface area contributed by atoms with Crippen molar-refractivity contribution in [3.63, 3.8) is 0 Å². The number of pyridine rings is 1. The first kappa shape index (κ1) is 16.6. The first-order valence-corrected chi connectivity index (χ1v) is 9.36. The number of hydrogen-bond acceptors (Lipinski definition) is 6. The van der Waals surface area contributed by atoms with Gasteiger partial charge in [0.25, 0.3) is 0 Å². The summed E-state index contributed by atoms with van der Waals surface area (Å²) in [6.45, 7) is 0.881. The van der Waals surface area contributed by atoms with Gasteiger partial charge in [-0.3, -0.25) is 0 Å². The topological polar surface area (TPSA) is 98.2 Å². The van der Waals surface area contributed by atoms with Gasteiger partial charge in [0.05, 0.1) is 11.9 Å². The molecule has 0 radical (unpaired) electrons. The third-order valence-corrected chi connectivity index (χ3v) is 4.83. The summed E-state index contributed by atoms with van der Waals surface area (Å²) < 4.78 is 0. The minimum absolute atomic E-state index is 0.0285. The number of para-hydroxylation sites is 1. The van der Waals surface area contributed by atoms with Crippen LogP contribution in [0.5, 0.6) is 5.88 Å². The van der Waals surface area contributed by atoms with Crippen LogP contribution in [-0.2, 0) is 0 Å². The van der Waals surface area contributed by atoms with E-state index in [-0.39, 0.29) is 5.88 Å². The Morgan fingerprint density at radius 3 is 2.86 bits per heavy atom. The van der Waals surface area contributed by atoms with Crippen LogP contribution >= 0.6 is 0 Å². The number of aromatic hydroxyl groups is 1. The highest BCUT2D eigenvalue weighted by molar-refractivity contribution is 6.21. The number of benzene rings is 1. The molecule has 0 spiro atoms. The second kappa shape index (κ2) is 6.84. The van der Waals surface area contributed by atoms with Crippen LogP contribution in [0, 0.1) is 5.92 Å². The van der Waals surface area contributed by atoms with Gasteiger partial charge in [-0.2, -0.15) is 4.98 Å². The van der Waals surface area contributed by atoms with Crippen LogP contribution in [0.1, 0.15) is 24.1 Å². The van der Waals surface area contributed by atoms with Crippen molar-refractivity contribution in [1.29, 1.82) is 0 Å². The highest BCUT2D eigenvalue weighted by Gasteiger charge is 2.21. The van der Waals surface area contributed by atoms with Crippen LogP contribution < -0.4 is 10.6 Å². The normalized spacial score (nSPS) is 16.4. The number of nitrogens with one attached hydrogen (secondary N) is 3. The van der Waals surface area contributed by atoms with Crippen molar-refractivity contribution in [2.24, 2.45) is 10.9 Å². The minimum Gasteiger partial charge on any atom is -0.492 e. The number of imidazole rings is 1. The molecule has 5 rings (SSSR count). The van der Waals surface area contributed by atoms with E-state index in [9.17, 15) is 5.11 Å². The van der Waals surface area contributed by atoms with Gasteiger partial charge < -0.3 is 20.7 Å². The molecule has 1 aromatic carbocycles. The second-order valence-corrected chi connectivity index (χ2v) is 7.09. The summed E-state index contributed by atoms with van der Waals surface area (Å²) in [6.07, 6.45) is 7.88. The van der Waals surface area contributed by atoms with Crippen LogP contribution in [0.15, 0.2) is 47.6 Å². The van der Waals surface area contributed by atoms with Crippen LogP contribution in [0.4, 0.5) is 23.1 Å². The quantitative estimate of drug-likeness (QED) is 0.516. The fourth-order valence-corrected chi connectivity index (χ4v) is 3.13. The number of aliphatic imine (C=N–C) groups is 1. The lowest BCUT2D eigenvalue weighted by Crippen LogP contribution is -2.04. The largest absolute Gasteiger partial charge is 0.492 e. The van der Waals surface area contributed by atoms with Crippen molar-refractivity contribution < 1.29 is 5.11 Å². The number of nitrogens with zero attached hydrogens (tertiary/aromatic N) is 3. The molecule has 0 amide bonds. The Morgan fingerprint density at radius 2 is 2.04 bits per heavy atom. The molecule has 7 heteroatoms. The summed E-state index contributed by atoms with van der Waals surface area (Å²) in [4.78, 5) is 16.1. The lowest BCUT2D eigenvalue weighted by molar-refractivity contribution is 0.455. The van der Waals surface area contributed by atoms with E-state index in [1.165, 1.54) is 12.8 Å². The van der Waals surface area contributed by atoms with Crippen molar-refractivity contribution in [2.75, 3.05) is 17.2 Å². The van der Waals surface area contributed by atoms with Crippen molar-refractivity contribution in [1.82, 2.24) is 15.0 Å². The third kappa shape index (κ3) is 3.46. The SMILES string of the molecule is Oc1nc(NCC2CC2)[nH]c1C=C1C=Nc2ncc(Nc3ccccc3)cc21. The van der Waals surface area contributed by atoms with E-state index in [4.69, 9.17) is 0 Å². The van der Waals surface area contributed by atoms with Gasteiger partial charge in [-0.1, -0.05) is 18.2 Å². The number of hydrogen-bond donors (Lipinski definition) is 4. The highest BCUT2D eigenvalue weighted by Crippen LogP contribution is 2.34. The molecule has 1 fully saturated rings. The molecule has 3 heterocycles. The molecule has 2 aliphatic rings. The number of fused-ring (bicyclic) bond motifs is 1. The van der Waals surface area contributed by atoms with E-state index < -0.39 is 0 Å². The monoisotopic (exact) mass is 372 g/mol. The number of H-pyrrole nitrogens is 1. The van der Waals surface area contributed by atoms with Gasteiger partial charge in [0.2, 0.25) is 11.8 Å². The molecule has 2 aromatic heterocycles. The average Bonchev–Trinajstić information content (AvgIpc) is 3.37. The van der Waals surface area contributed by atoms with E-state index in [1.807, 2.05) is 42.5 Å². The highest BCUT2D eigenvalue weighted by atomic mass is 16.3. The van der Waals surface area contributed by atoms with Crippen LogP contribution in [0.2, 0.25) is 0 Å². The molecule has 1 saturated carbocycles. The van der Waals surface area contributed by atoms with Gasteiger partial charge >= 0.3 is 0 Å². The van der Waals surface area contributed by atoms with Gasteiger partial charge in [0.1, 0.15) is 5.69 Å². The number of anilines is 3. The standard InChI is InChI=1S/C21H20N6O/c28-20-18(26-21(27-20)24-10-13-6-7-13)8-14-11-22-19-17(14)9-16(12-23-19)25-15-4-2-1-3-5-15/h1-5,8-9,11-13,25,28H,6-7,10H2,(H2,24,26,27). The van der Waals surface area contributed by atoms with E-state index >= 15 is 0 Å². The Hall–Kier alpha value is -3.61.